The minimum atomic E-state index is 0.892. The lowest BCUT2D eigenvalue weighted by Gasteiger charge is -2.32. The van der Waals surface area contributed by atoms with Gasteiger partial charge >= 0.3 is 0 Å². The van der Waals surface area contributed by atoms with E-state index in [-0.39, 0.29) is 0 Å². The molecule has 0 aromatic rings. The Morgan fingerprint density at radius 1 is 0.667 bits per heavy atom. The van der Waals surface area contributed by atoms with Crippen molar-refractivity contribution in [1.82, 2.24) is 0 Å². The summed E-state index contributed by atoms with van der Waals surface area (Å²) < 4.78 is 0. The van der Waals surface area contributed by atoms with Gasteiger partial charge in [-0.1, -0.05) is 92.9 Å². The first kappa shape index (κ1) is 18.0. The number of rotatable bonds is 11. The van der Waals surface area contributed by atoms with Crippen LogP contribution in [0.2, 0.25) is 0 Å². The van der Waals surface area contributed by atoms with Crippen LogP contribution >= 0.6 is 0 Å². The molecule has 0 N–H and O–H groups in total. The first-order valence-corrected chi connectivity index (χ1v) is 8.58. The van der Waals surface area contributed by atoms with Gasteiger partial charge in [0.25, 0.3) is 0 Å². The summed E-state index contributed by atoms with van der Waals surface area (Å²) >= 11 is 0. The van der Waals surface area contributed by atoms with Crippen molar-refractivity contribution in [2.24, 2.45) is 23.7 Å². The highest BCUT2D eigenvalue weighted by atomic mass is 14.3. The summed E-state index contributed by atoms with van der Waals surface area (Å²) in [5.41, 5.74) is 0. The zero-order chi connectivity index (χ0) is 14.0. The van der Waals surface area contributed by atoms with E-state index < -0.39 is 0 Å². The van der Waals surface area contributed by atoms with Crippen LogP contribution < -0.4 is 0 Å². The lowest BCUT2D eigenvalue weighted by molar-refractivity contribution is 0.179. The van der Waals surface area contributed by atoms with Crippen LogP contribution in [-0.4, -0.2) is 0 Å². The Morgan fingerprint density at radius 3 is 1.83 bits per heavy atom. The maximum absolute atomic E-state index is 2.50. The second-order valence-corrected chi connectivity index (χ2v) is 6.50. The third kappa shape index (κ3) is 6.81. The quantitative estimate of drug-likeness (QED) is 0.360. The van der Waals surface area contributed by atoms with Crippen molar-refractivity contribution in [3.05, 3.63) is 0 Å². The van der Waals surface area contributed by atoms with Gasteiger partial charge in [0.05, 0.1) is 0 Å². The predicted molar refractivity (Wildman–Crippen MR) is 84.9 cm³/mol. The van der Waals surface area contributed by atoms with Crippen molar-refractivity contribution in [3.8, 4) is 0 Å². The van der Waals surface area contributed by atoms with Crippen LogP contribution in [-0.2, 0) is 0 Å². The van der Waals surface area contributed by atoms with Crippen molar-refractivity contribution in [2.75, 3.05) is 0 Å². The molecule has 0 aromatic carbocycles. The number of unbranched alkanes of at least 4 members (excludes halogenated alkanes) is 3. The van der Waals surface area contributed by atoms with Gasteiger partial charge in [-0.3, -0.25) is 0 Å². The normalized spacial score (nSPS) is 18.3. The average molecular weight is 255 g/mol. The Labute approximate surface area is 117 Å². The van der Waals surface area contributed by atoms with E-state index in [4.69, 9.17) is 0 Å². The fourth-order valence-electron chi connectivity index (χ4n) is 3.31. The van der Waals surface area contributed by atoms with Crippen LogP contribution in [0.4, 0.5) is 0 Å². The molecule has 0 rings (SSSR count). The highest BCUT2D eigenvalue weighted by Gasteiger charge is 2.24. The first-order chi connectivity index (χ1) is 8.58. The molecule has 0 aromatic heterocycles. The minimum absolute atomic E-state index is 0.892. The molecule has 0 radical (unpaired) electrons. The van der Waals surface area contributed by atoms with Crippen molar-refractivity contribution >= 4 is 0 Å². The van der Waals surface area contributed by atoms with Gasteiger partial charge in [0, 0.05) is 0 Å². The molecular weight excluding hydrogens is 216 g/mol. The highest BCUT2D eigenvalue weighted by Crippen LogP contribution is 2.33. The summed E-state index contributed by atoms with van der Waals surface area (Å²) in [5.74, 6) is 3.64. The Hall–Kier alpha value is 0. The molecule has 18 heavy (non-hydrogen) atoms. The van der Waals surface area contributed by atoms with Gasteiger partial charge in [-0.25, -0.2) is 0 Å². The summed E-state index contributed by atoms with van der Waals surface area (Å²) in [4.78, 5) is 0. The van der Waals surface area contributed by atoms with Gasteiger partial charge in [0.2, 0.25) is 0 Å². The topological polar surface area (TPSA) is 0 Å². The molecule has 0 bridgehead atoms. The number of hydrogen-bond donors (Lipinski definition) is 0. The van der Waals surface area contributed by atoms with Crippen LogP contribution in [0.25, 0.3) is 0 Å². The maximum Gasteiger partial charge on any atom is -0.0386 e. The summed E-state index contributed by atoms with van der Waals surface area (Å²) in [7, 11) is 0. The lowest BCUT2D eigenvalue weighted by Crippen LogP contribution is -2.23. The molecule has 0 aliphatic heterocycles. The second-order valence-electron chi connectivity index (χ2n) is 6.50. The van der Waals surface area contributed by atoms with Crippen LogP contribution in [0.3, 0.4) is 0 Å². The van der Waals surface area contributed by atoms with E-state index in [0.717, 1.165) is 23.7 Å². The molecule has 0 saturated carbocycles. The smallest absolute Gasteiger partial charge is 0.0386 e. The van der Waals surface area contributed by atoms with Gasteiger partial charge in [-0.05, 0) is 23.7 Å². The van der Waals surface area contributed by atoms with Crippen LogP contribution in [0, 0.1) is 23.7 Å². The molecule has 110 valence electrons. The summed E-state index contributed by atoms with van der Waals surface area (Å²) in [5, 5.41) is 0. The third-order valence-corrected chi connectivity index (χ3v) is 5.17. The molecule has 4 atom stereocenters. The van der Waals surface area contributed by atoms with Gasteiger partial charge in [0.15, 0.2) is 0 Å². The number of hydrogen-bond acceptors (Lipinski definition) is 0. The van der Waals surface area contributed by atoms with Gasteiger partial charge in [0.1, 0.15) is 0 Å². The van der Waals surface area contributed by atoms with E-state index in [1.807, 2.05) is 0 Å². The minimum Gasteiger partial charge on any atom is -0.0654 e. The van der Waals surface area contributed by atoms with Gasteiger partial charge in [-0.2, -0.15) is 0 Å². The molecule has 0 saturated heterocycles. The molecule has 0 amide bonds. The summed E-state index contributed by atoms with van der Waals surface area (Å²) in [6.07, 6.45) is 11.2. The summed E-state index contributed by atoms with van der Waals surface area (Å²) in [6, 6.07) is 0. The SMILES string of the molecule is CCCCCCC(C)C(C)C(C)C(CC)CCC. The molecule has 0 heteroatoms. The predicted octanol–water partition coefficient (Wildman–Crippen LogP) is 6.69. The Kier molecular flexibility index (Phi) is 10.9. The second kappa shape index (κ2) is 10.9. The van der Waals surface area contributed by atoms with Gasteiger partial charge in [-0.15, -0.1) is 0 Å². The Morgan fingerprint density at radius 2 is 1.33 bits per heavy atom. The molecule has 0 fully saturated rings. The van der Waals surface area contributed by atoms with E-state index in [0.29, 0.717) is 0 Å². The van der Waals surface area contributed by atoms with Gasteiger partial charge < -0.3 is 0 Å². The summed E-state index contributed by atoms with van der Waals surface area (Å²) in [6.45, 7) is 14.5. The van der Waals surface area contributed by atoms with Crippen LogP contribution in [0.15, 0.2) is 0 Å². The maximum atomic E-state index is 2.50. The molecule has 0 aliphatic rings. The molecule has 0 spiro atoms. The standard InChI is InChI=1S/C18H38/c1-7-10-11-12-14-15(4)16(5)17(6)18(9-3)13-8-2/h15-18H,7-14H2,1-6H3. The van der Waals surface area contributed by atoms with Crippen LogP contribution in [0.1, 0.15) is 92.9 Å². The fourth-order valence-corrected chi connectivity index (χ4v) is 3.31. The Bertz CT molecular complexity index is 173. The van der Waals surface area contributed by atoms with Crippen molar-refractivity contribution in [2.45, 2.75) is 92.9 Å². The zero-order valence-electron chi connectivity index (χ0n) is 14.0. The lowest BCUT2D eigenvalue weighted by atomic mass is 9.74. The third-order valence-electron chi connectivity index (χ3n) is 5.17. The van der Waals surface area contributed by atoms with E-state index in [2.05, 4.69) is 41.5 Å². The van der Waals surface area contributed by atoms with E-state index in [9.17, 15) is 0 Å². The zero-order valence-corrected chi connectivity index (χ0v) is 14.0. The van der Waals surface area contributed by atoms with E-state index in [1.165, 1.54) is 51.4 Å². The van der Waals surface area contributed by atoms with E-state index >= 15 is 0 Å². The molecule has 0 heterocycles. The van der Waals surface area contributed by atoms with Crippen molar-refractivity contribution < 1.29 is 0 Å². The average Bonchev–Trinajstić information content (AvgIpc) is 2.39. The molecule has 0 aliphatic carbocycles. The highest BCUT2D eigenvalue weighted by molar-refractivity contribution is 4.74. The largest absolute Gasteiger partial charge is 0.0654 e. The van der Waals surface area contributed by atoms with Crippen LogP contribution in [0.5, 0.6) is 0 Å². The first-order valence-electron chi connectivity index (χ1n) is 8.58. The molecule has 4 unspecified atom stereocenters. The Balaban J connectivity index is 4.04. The van der Waals surface area contributed by atoms with Crippen molar-refractivity contribution in [3.63, 3.8) is 0 Å². The molecule has 0 nitrogen and oxygen atoms in total. The monoisotopic (exact) mass is 254 g/mol. The molecular formula is C18H38. The van der Waals surface area contributed by atoms with Crippen molar-refractivity contribution in [1.29, 1.82) is 0 Å². The fraction of sp³-hybridized carbons (Fsp3) is 1.00. The van der Waals surface area contributed by atoms with E-state index in [1.54, 1.807) is 0 Å².